The summed E-state index contributed by atoms with van der Waals surface area (Å²) in [6.45, 7) is 6.92. The number of nitrogens with one attached hydrogen (secondary N) is 1. The number of benzene rings is 2. The molecule has 0 radical (unpaired) electrons. The molecule has 2 fully saturated rings. The number of rotatable bonds is 2. The number of carbonyl (C=O) groups is 2. The number of para-hydroxylation sites is 1. The van der Waals surface area contributed by atoms with Gasteiger partial charge in [0.05, 0.1) is 24.6 Å². The molecule has 2 aromatic carbocycles. The van der Waals surface area contributed by atoms with Crippen molar-refractivity contribution in [2.45, 2.75) is 51.9 Å². The predicted molar refractivity (Wildman–Crippen MR) is 133 cm³/mol. The molecule has 34 heavy (non-hydrogen) atoms. The van der Waals surface area contributed by atoms with Crippen molar-refractivity contribution in [3.63, 3.8) is 0 Å². The summed E-state index contributed by atoms with van der Waals surface area (Å²) in [5.41, 5.74) is 4.08. The van der Waals surface area contributed by atoms with Gasteiger partial charge in [-0.1, -0.05) is 45.0 Å². The number of ether oxygens (including phenoxy) is 1. The van der Waals surface area contributed by atoms with Crippen LogP contribution in [0.25, 0.3) is 10.9 Å². The fourth-order valence-corrected chi connectivity index (χ4v) is 7.01. The monoisotopic (exact) mass is 456 g/mol. The Bertz CT molecular complexity index is 1300. The molecule has 5 atom stereocenters. The van der Waals surface area contributed by atoms with Crippen molar-refractivity contribution in [3.05, 3.63) is 59.8 Å². The van der Waals surface area contributed by atoms with Gasteiger partial charge in [-0.15, -0.1) is 0 Å². The van der Waals surface area contributed by atoms with Gasteiger partial charge in [0.2, 0.25) is 11.8 Å². The van der Waals surface area contributed by atoms with E-state index >= 15 is 0 Å². The quantitative estimate of drug-likeness (QED) is 0.481. The zero-order chi connectivity index (χ0) is 23.8. The molecule has 1 saturated heterocycles. The number of anilines is 1. The van der Waals surface area contributed by atoms with Gasteiger partial charge in [0.1, 0.15) is 5.75 Å². The lowest BCUT2D eigenvalue weighted by Gasteiger charge is -2.47. The van der Waals surface area contributed by atoms with Crippen LogP contribution in [-0.4, -0.2) is 23.9 Å². The van der Waals surface area contributed by atoms with E-state index in [1.54, 1.807) is 13.2 Å². The molecule has 1 saturated carbocycles. The summed E-state index contributed by atoms with van der Waals surface area (Å²) in [6, 6.07) is 15.6. The van der Waals surface area contributed by atoms with E-state index < -0.39 is 5.92 Å². The third-order valence-corrected chi connectivity index (χ3v) is 8.71. The van der Waals surface area contributed by atoms with Gasteiger partial charge in [-0.25, -0.2) is 4.90 Å². The first kappa shape index (κ1) is 21.5. The molecule has 1 aliphatic heterocycles. The molecule has 2 aliphatic carbocycles. The van der Waals surface area contributed by atoms with Gasteiger partial charge in [0.25, 0.3) is 0 Å². The maximum atomic E-state index is 14.0. The Balaban J connectivity index is 1.52. The number of H-pyrrole nitrogens is 1. The first-order valence-electron chi connectivity index (χ1n) is 12.4. The second kappa shape index (κ2) is 7.46. The molecule has 0 spiro atoms. The SMILES string of the molecule is COc1cccc(N2C(=O)[C@H]3[C@H]4CC(C(C)(C)C)CC[C@H]4c4c([nH]c5ccccc45)[C@H]3C2=O)c1. The maximum Gasteiger partial charge on any atom is 0.243 e. The topological polar surface area (TPSA) is 62.4 Å². The van der Waals surface area contributed by atoms with Crippen molar-refractivity contribution in [2.75, 3.05) is 12.0 Å². The highest BCUT2D eigenvalue weighted by atomic mass is 16.5. The first-order valence-corrected chi connectivity index (χ1v) is 12.4. The van der Waals surface area contributed by atoms with Gasteiger partial charge >= 0.3 is 0 Å². The van der Waals surface area contributed by atoms with Gasteiger partial charge in [-0.3, -0.25) is 9.59 Å². The lowest BCUT2D eigenvalue weighted by Crippen LogP contribution is -2.41. The van der Waals surface area contributed by atoms with Crippen molar-refractivity contribution < 1.29 is 14.3 Å². The van der Waals surface area contributed by atoms with Crippen molar-refractivity contribution in [2.24, 2.45) is 23.2 Å². The summed E-state index contributed by atoms with van der Waals surface area (Å²) in [5, 5.41) is 1.21. The van der Waals surface area contributed by atoms with Gasteiger partial charge in [0.15, 0.2) is 0 Å². The van der Waals surface area contributed by atoms with E-state index in [1.165, 1.54) is 15.8 Å². The number of methoxy groups -OCH3 is 1. The Hall–Kier alpha value is -3.08. The summed E-state index contributed by atoms with van der Waals surface area (Å²) >= 11 is 0. The summed E-state index contributed by atoms with van der Waals surface area (Å²) in [5.74, 6) is 0.687. The number of fused-ring (bicyclic) bond motifs is 8. The largest absolute Gasteiger partial charge is 0.497 e. The Labute approximate surface area is 200 Å². The highest BCUT2D eigenvalue weighted by Gasteiger charge is 2.59. The van der Waals surface area contributed by atoms with Crippen LogP contribution in [0, 0.1) is 23.2 Å². The molecule has 0 bridgehead atoms. The fourth-order valence-electron chi connectivity index (χ4n) is 7.01. The third kappa shape index (κ3) is 2.98. The van der Waals surface area contributed by atoms with Crippen LogP contribution in [0.1, 0.15) is 63.1 Å². The average molecular weight is 457 g/mol. The van der Waals surface area contributed by atoms with E-state index in [4.69, 9.17) is 4.74 Å². The van der Waals surface area contributed by atoms with E-state index in [0.717, 1.165) is 30.5 Å². The zero-order valence-electron chi connectivity index (χ0n) is 20.3. The molecule has 5 nitrogen and oxygen atoms in total. The molecule has 2 heterocycles. The average Bonchev–Trinajstić information content (AvgIpc) is 3.33. The van der Waals surface area contributed by atoms with E-state index in [-0.39, 0.29) is 29.1 Å². The third-order valence-electron chi connectivity index (χ3n) is 8.71. The van der Waals surface area contributed by atoms with Crippen LogP contribution in [0.15, 0.2) is 48.5 Å². The molecule has 1 N–H and O–H groups in total. The molecular formula is C29H32N2O3. The molecule has 6 rings (SSSR count). The Morgan fingerprint density at radius 3 is 2.56 bits per heavy atom. The Morgan fingerprint density at radius 2 is 1.79 bits per heavy atom. The molecule has 5 heteroatoms. The lowest BCUT2D eigenvalue weighted by molar-refractivity contribution is -0.123. The molecule has 176 valence electrons. The second-order valence-electron chi connectivity index (χ2n) is 11.4. The van der Waals surface area contributed by atoms with Gasteiger partial charge < -0.3 is 9.72 Å². The number of hydrogen-bond donors (Lipinski definition) is 1. The Morgan fingerprint density at radius 1 is 1.00 bits per heavy atom. The standard InChI is InChI=1S/C29H32N2O3/c1-29(2,3)16-12-13-19-21(14-16)24-25(26-23(19)20-10-5-6-11-22(20)30-26)28(33)31(27(24)32)17-8-7-9-18(15-17)34-4/h5-11,15-16,19,21,24-25,30H,12-14H2,1-4H3/t16?,19-,21+,24+,25+/m1/s1. The molecular weight excluding hydrogens is 424 g/mol. The van der Waals surface area contributed by atoms with E-state index in [1.807, 2.05) is 24.3 Å². The van der Waals surface area contributed by atoms with Crippen molar-refractivity contribution in [1.29, 1.82) is 0 Å². The number of carbonyl (C=O) groups excluding carboxylic acids is 2. The smallest absolute Gasteiger partial charge is 0.243 e. The van der Waals surface area contributed by atoms with Crippen LogP contribution in [0.2, 0.25) is 0 Å². The Kier molecular flexibility index (Phi) is 4.71. The number of aromatic nitrogens is 1. The molecule has 1 aromatic heterocycles. The predicted octanol–water partition coefficient (Wildman–Crippen LogP) is 6.01. The minimum atomic E-state index is -0.457. The highest BCUT2D eigenvalue weighted by Crippen LogP contribution is 2.60. The summed E-state index contributed by atoms with van der Waals surface area (Å²) < 4.78 is 5.38. The number of amides is 2. The summed E-state index contributed by atoms with van der Waals surface area (Å²) in [4.78, 5) is 33.0. The van der Waals surface area contributed by atoms with Crippen molar-refractivity contribution >= 4 is 28.4 Å². The fraction of sp³-hybridized carbons (Fsp3) is 0.448. The van der Waals surface area contributed by atoms with Crippen LogP contribution in [0.5, 0.6) is 5.75 Å². The van der Waals surface area contributed by atoms with Crippen molar-refractivity contribution in [3.8, 4) is 5.75 Å². The van der Waals surface area contributed by atoms with E-state index in [0.29, 0.717) is 23.3 Å². The van der Waals surface area contributed by atoms with Crippen molar-refractivity contribution in [1.82, 2.24) is 4.98 Å². The zero-order valence-corrected chi connectivity index (χ0v) is 20.3. The molecule has 2 amide bonds. The maximum absolute atomic E-state index is 14.0. The minimum absolute atomic E-state index is 0.0582. The molecule has 3 aliphatic rings. The lowest BCUT2D eigenvalue weighted by atomic mass is 9.56. The van der Waals surface area contributed by atoms with Gasteiger partial charge in [0, 0.05) is 22.7 Å². The highest BCUT2D eigenvalue weighted by molar-refractivity contribution is 6.24. The van der Waals surface area contributed by atoms with Crippen LogP contribution in [-0.2, 0) is 9.59 Å². The number of nitrogens with zero attached hydrogens (tertiary/aromatic N) is 1. The summed E-state index contributed by atoms with van der Waals surface area (Å²) in [6.07, 6.45) is 3.20. The second-order valence-corrected chi connectivity index (χ2v) is 11.4. The van der Waals surface area contributed by atoms with E-state index in [9.17, 15) is 9.59 Å². The minimum Gasteiger partial charge on any atom is -0.497 e. The van der Waals surface area contributed by atoms with Gasteiger partial charge in [-0.2, -0.15) is 0 Å². The molecule has 3 aromatic rings. The summed E-state index contributed by atoms with van der Waals surface area (Å²) in [7, 11) is 1.60. The van der Waals surface area contributed by atoms with Crippen LogP contribution >= 0.6 is 0 Å². The number of imide groups is 1. The first-order chi connectivity index (χ1) is 16.3. The number of aromatic amines is 1. The van der Waals surface area contributed by atoms with Crippen LogP contribution < -0.4 is 9.64 Å². The van der Waals surface area contributed by atoms with Gasteiger partial charge in [-0.05, 0) is 66.2 Å². The number of hydrogen-bond acceptors (Lipinski definition) is 3. The normalized spacial score (nSPS) is 28.6. The molecule has 1 unspecified atom stereocenters. The van der Waals surface area contributed by atoms with Crippen LogP contribution in [0.4, 0.5) is 5.69 Å². The van der Waals surface area contributed by atoms with Crippen LogP contribution in [0.3, 0.4) is 0 Å². The van der Waals surface area contributed by atoms with E-state index in [2.05, 4.69) is 44.0 Å².